The first-order valence-corrected chi connectivity index (χ1v) is 8.23. The molecule has 0 aliphatic heterocycles. The van der Waals surface area contributed by atoms with Crippen molar-refractivity contribution in [2.75, 3.05) is 0 Å². The van der Waals surface area contributed by atoms with E-state index in [1.165, 1.54) is 12.1 Å². The third-order valence-electron chi connectivity index (χ3n) is 4.43. The highest BCUT2D eigenvalue weighted by Crippen LogP contribution is 2.41. The summed E-state index contributed by atoms with van der Waals surface area (Å²) in [5.74, 6) is 0. The van der Waals surface area contributed by atoms with Crippen LogP contribution in [-0.4, -0.2) is 9.97 Å². The molecule has 2 heterocycles. The highest BCUT2D eigenvalue weighted by Gasteiger charge is 2.34. The molecule has 0 fully saturated rings. The fourth-order valence-electron chi connectivity index (χ4n) is 3.01. The van der Waals surface area contributed by atoms with Gasteiger partial charge in [-0.3, -0.25) is 0 Å². The number of alkyl halides is 3. The molecule has 0 aliphatic rings. The smallest absolute Gasteiger partial charge is 0.359 e. The number of aromatic amines is 1. The number of aromatic nitrogens is 2. The highest BCUT2D eigenvalue weighted by atomic mass is 79.9. The minimum absolute atomic E-state index is 0.130. The molecular weight excluding hydrogens is 395 g/mol. The Morgan fingerprint density at radius 3 is 2.40 bits per heavy atom. The van der Waals surface area contributed by atoms with E-state index in [4.69, 9.17) is 0 Å². The average molecular weight is 408 g/mol. The van der Waals surface area contributed by atoms with Crippen molar-refractivity contribution < 1.29 is 13.2 Å². The summed E-state index contributed by atoms with van der Waals surface area (Å²) < 4.78 is 39.1. The normalized spacial score (nSPS) is 14.2. The number of nitrogens with one attached hydrogen (secondary N) is 1. The zero-order valence-electron chi connectivity index (χ0n) is 13.2. The number of pyridine rings is 1. The second kappa shape index (κ2) is 6.19. The van der Waals surface area contributed by atoms with E-state index in [9.17, 15) is 18.4 Å². The summed E-state index contributed by atoms with van der Waals surface area (Å²) in [6.07, 6.45) is -0.831. The number of benzene rings is 1. The van der Waals surface area contributed by atoms with Crippen molar-refractivity contribution in [2.45, 2.75) is 24.9 Å². The van der Waals surface area contributed by atoms with Crippen molar-refractivity contribution in [3.8, 4) is 6.07 Å². The summed E-state index contributed by atoms with van der Waals surface area (Å²) in [4.78, 5) is 7.28. The van der Waals surface area contributed by atoms with Crippen LogP contribution in [0.3, 0.4) is 0 Å². The molecule has 0 radical (unpaired) electrons. The van der Waals surface area contributed by atoms with Gasteiger partial charge >= 0.3 is 6.18 Å². The van der Waals surface area contributed by atoms with Crippen LogP contribution in [0, 0.1) is 11.3 Å². The minimum Gasteiger partial charge on any atom is -0.359 e. The second-order valence-electron chi connectivity index (χ2n) is 5.97. The summed E-state index contributed by atoms with van der Waals surface area (Å²) in [5.41, 5.74) is 0.815. The number of nitriles is 1. The number of H-pyrrole nitrogens is 1. The van der Waals surface area contributed by atoms with Crippen molar-refractivity contribution in [1.29, 1.82) is 5.26 Å². The molecule has 1 aromatic carbocycles. The van der Waals surface area contributed by atoms with Crippen LogP contribution in [0.1, 0.15) is 30.0 Å². The van der Waals surface area contributed by atoms with Crippen LogP contribution >= 0.6 is 15.9 Å². The molecule has 2 aromatic heterocycles. The summed E-state index contributed by atoms with van der Waals surface area (Å²) in [5, 5.41) is 10.2. The van der Waals surface area contributed by atoms with Gasteiger partial charge in [-0.15, -0.1) is 0 Å². The molecule has 3 rings (SSSR count). The van der Waals surface area contributed by atoms with E-state index in [1.807, 2.05) is 13.0 Å². The number of fused-ring (bicyclic) bond motifs is 1. The first-order valence-electron chi connectivity index (χ1n) is 7.44. The summed E-state index contributed by atoms with van der Waals surface area (Å²) in [7, 11) is 0. The van der Waals surface area contributed by atoms with Crippen molar-refractivity contribution in [1.82, 2.24) is 9.97 Å². The van der Waals surface area contributed by atoms with E-state index in [-0.39, 0.29) is 6.42 Å². The first-order chi connectivity index (χ1) is 11.8. The lowest BCUT2D eigenvalue weighted by molar-refractivity contribution is -0.137. The lowest BCUT2D eigenvalue weighted by atomic mass is 9.74. The van der Waals surface area contributed by atoms with Gasteiger partial charge in [0.05, 0.1) is 17.1 Å². The molecule has 128 valence electrons. The maximum absolute atomic E-state index is 12.8. The zero-order valence-corrected chi connectivity index (χ0v) is 14.7. The van der Waals surface area contributed by atoms with Crippen molar-refractivity contribution in [2.24, 2.45) is 0 Å². The van der Waals surface area contributed by atoms with Gasteiger partial charge in [-0.25, -0.2) is 4.98 Å². The van der Waals surface area contributed by atoms with E-state index in [1.54, 1.807) is 12.4 Å². The maximum Gasteiger partial charge on any atom is 0.416 e. The molecule has 7 heteroatoms. The molecule has 1 atom stereocenters. The Balaban J connectivity index is 2.16. The predicted octanol–water partition coefficient (Wildman–Crippen LogP) is 5.56. The van der Waals surface area contributed by atoms with Gasteiger partial charge in [0.25, 0.3) is 0 Å². The number of hydrogen-bond donors (Lipinski definition) is 1. The number of rotatable bonds is 3. The van der Waals surface area contributed by atoms with Gasteiger partial charge in [0.15, 0.2) is 0 Å². The molecule has 0 aliphatic carbocycles. The van der Waals surface area contributed by atoms with E-state index < -0.39 is 17.2 Å². The van der Waals surface area contributed by atoms with E-state index >= 15 is 0 Å². The summed E-state index contributed by atoms with van der Waals surface area (Å²) in [6.45, 7) is 1.86. The molecule has 3 nitrogen and oxygen atoms in total. The molecule has 0 bridgehead atoms. The lowest BCUT2D eigenvalue weighted by Gasteiger charge is -2.28. The van der Waals surface area contributed by atoms with Gasteiger partial charge in [-0.05, 0) is 45.3 Å². The second-order valence-corrected chi connectivity index (χ2v) is 6.72. The molecule has 0 amide bonds. The Morgan fingerprint density at radius 1 is 1.16 bits per heavy atom. The van der Waals surface area contributed by atoms with Gasteiger partial charge in [0.1, 0.15) is 4.60 Å². The van der Waals surface area contributed by atoms with Crippen molar-refractivity contribution in [3.05, 3.63) is 64.0 Å². The van der Waals surface area contributed by atoms with Crippen molar-refractivity contribution in [3.63, 3.8) is 0 Å². The minimum atomic E-state index is -4.39. The van der Waals surface area contributed by atoms with Crippen LogP contribution in [0.5, 0.6) is 0 Å². The zero-order chi connectivity index (χ0) is 18.2. The Bertz CT molecular complexity index is 954. The van der Waals surface area contributed by atoms with Gasteiger partial charge in [0.2, 0.25) is 0 Å². The number of nitrogens with zero attached hydrogens (tertiary/aromatic N) is 2. The monoisotopic (exact) mass is 407 g/mol. The molecule has 1 N–H and O–H groups in total. The SMILES string of the molecule is CC(CC#N)(c1ccc(C(F)(F)F)cc1)c1c[nH]c2c(Br)nccc12. The van der Waals surface area contributed by atoms with Gasteiger partial charge < -0.3 is 4.98 Å². The van der Waals surface area contributed by atoms with Crippen LogP contribution in [-0.2, 0) is 11.6 Å². The van der Waals surface area contributed by atoms with E-state index in [0.717, 1.165) is 28.6 Å². The van der Waals surface area contributed by atoms with Crippen LogP contribution in [0.25, 0.3) is 10.9 Å². The molecule has 25 heavy (non-hydrogen) atoms. The maximum atomic E-state index is 12.8. The predicted molar refractivity (Wildman–Crippen MR) is 91.9 cm³/mol. The first kappa shape index (κ1) is 17.5. The molecule has 0 saturated heterocycles. The summed E-state index contributed by atoms with van der Waals surface area (Å²) >= 11 is 3.37. The largest absolute Gasteiger partial charge is 0.416 e. The molecule has 0 spiro atoms. The molecular formula is C18H13BrF3N3. The van der Waals surface area contributed by atoms with Gasteiger partial charge in [-0.1, -0.05) is 19.1 Å². The van der Waals surface area contributed by atoms with E-state index in [0.29, 0.717) is 10.2 Å². The Morgan fingerprint density at radius 2 is 1.80 bits per heavy atom. The van der Waals surface area contributed by atoms with Crippen LogP contribution < -0.4 is 0 Å². The van der Waals surface area contributed by atoms with Crippen LogP contribution in [0.4, 0.5) is 13.2 Å². The van der Waals surface area contributed by atoms with Gasteiger partial charge in [0, 0.05) is 29.6 Å². The van der Waals surface area contributed by atoms with Crippen LogP contribution in [0.15, 0.2) is 47.3 Å². The third-order valence-corrected chi connectivity index (χ3v) is 5.03. The Kier molecular flexibility index (Phi) is 4.33. The quantitative estimate of drug-likeness (QED) is 0.577. The van der Waals surface area contributed by atoms with Crippen molar-refractivity contribution >= 4 is 26.8 Å². The van der Waals surface area contributed by atoms with Crippen LogP contribution in [0.2, 0.25) is 0 Å². The molecule has 1 unspecified atom stereocenters. The van der Waals surface area contributed by atoms with Gasteiger partial charge in [-0.2, -0.15) is 18.4 Å². The fourth-order valence-corrected chi connectivity index (χ4v) is 3.46. The number of halogens is 4. The fraction of sp³-hybridized carbons (Fsp3) is 0.222. The summed E-state index contributed by atoms with van der Waals surface area (Å²) in [6, 6.07) is 8.97. The average Bonchev–Trinajstić information content (AvgIpc) is 3.00. The number of hydrogen-bond acceptors (Lipinski definition) is 2. The standard InChI is InChI=1S/C18H13BrF3N3/c1-17(7-8-23,11-2-4-12(5-3-11)18(20,21)22)14-10-25-15-13(14)6-9-24-16(15)19/h2-6,9-10,25H,7H2,1H3. The Labute approximate surface area is 150 Å². The third kappa shape index (κ3) is 3.02. The Hall–Kier alpha value is -2.33. The van der Waals surface area contributed by atoms with E-state index in [2.05, 4.69) is 32.0 Å². The lowest BCUT2D eigenvalue weighted by Crippen LogP contribution is -2.23. The topological polar surface area (TPSA) is 52.5 Å². The molecule has 3 aromatic rings. The molecule has 0 saturated carbocycles. The highest BCUT2D eigenvalue weighted by molar-refractivity contribution is 9.10.